The van der Waals surface area contributed by atoms with E-state index >= 15 is 0 Å². The molecule has 0 unspecified atom stereocenters. The maximum atomic E-state index is 9.50. The van der Waals surface area contributed by atoms with Crippen LogP contribution in [0.15, 0.2) is 4.99 Å². The normalized spacial score (nSPS) is 16.9. The van der Waals surface area contributed by atoms with Crippen molar-refractivity contribution in [3.8, 4) is 0 Å². The number of guanidine groups is 1. The number of likely N-dealkylation sites (tertiary alicyclic amines) is 1. The second kappa shape index (κ2) is 15.4. The molecular formula is C17H37IN4O. The minimum atomic E-state index is -0.0773. The molecule has 1 aliphatic heterocycles. The predicted molar refractivity (Wildman–Crippen MR) is 110 cm³/mol. The summed E-state index contributed by atoms with van der Waals surface area (Å²) < 4.78 is 0. The van der Waals surface area contributed by atoms with Crippen molar-refractivity contribution in [3.05, 3.63) is 0 Å². The molecular weight excluding hydrogens is 403 g/mol. The van der Waals surface area contributed by atoms with E-state index in [1.807, 2.05) is 0 Å². The largest absolute Gasteiger partial charge is 0.393 e. The van der Waals surface area contributed by atoms with E-state index in [2.05, 4.69) is 34.4 Å². The van der Waals surface area contributed by atoms with E-state index in [1.165, 1.54) is 25.7 Å². The molecule has 1 aliphatic rings. The lowest BCUT2D eigenvalue weighted by Crippen LogP contribution is -2.38. The third kappa shape index (κ3) is 12.0. The summed E-state index contributed by atoms with van der Waals surface area (Å²) in [5.41, 5.74) is 0. The van der Waals surface area contributed by atoms with Crippen molar-refractivity contribution in [1.82, 2.24) is 15.5 Å². The van der Waals surface area contributed by atoms with E-state index in [0.717, 1.165) is 64.5 Å². The number of nitrogens with zero attached hydrogens (tertiary/aromatic N) is 2. The minimum Gasteiger partial charge on any atom is -0.393 e. The number of aliphatic imine (C=N–C) groups is 1. The number of hydrogen-bond donors (Lipinski definition) is 3. The van der Waals surface area contributed by atoms with Crippen molar-refractivity contribution in [2.24, 2.45) is 4.99 Å². The maximum Gasteiger partial charge on any atom is 0.191 e. The SMILES string of the molecule is CCCCCCNC(=NCCCN1CCC(O)CC1)NCC.I. The number of piperidine rings is 1. The van der Waals surface area contributed by atoms with Gasteiger partial charge in [0.15, 0.2) is 5.96 Å². The highest BCUT2D eigenvalue weighted by Gasteiger charge is 2.15. The molecule has 0 spiro atoms. The first-order chi connectivity index (χ1) is 10.8. The molecule has 1 rings (SSSR count). The molecule has 0 aromatic rings. The van der Waals surface area contributed by atoms with Crippen LogP contribution in [0.3, 0.4) is 0 Å². The van der Waals surface area contributed by atoms with E-state index in [4.69, 9.17) is 0 Å². The smallest absolute Gasteiger partial charge is 0.191 e. The monoisotopic (exact) mass is 440 g/mol. The lowest BCUT2D eigenvalue weighted by Gasteiger charge is -2.29. The lowest BCUT2D eigenvalue weighted by molar-refractivity contribution is 0.0824. The van der Waals surface area contributed by atoms with Gasteiger partial charge in [0.1, 0.15) is 0 Å². The zero-order chi connectivity index (χ0) is 16.0. The standard InChI is InChI=1S/C17H36N4O.HI/c1-3-5-6-7-11-19-17(18-4-2)20-12-8-13-21-14-9-16(22)10-15-21;/h16,22H,3-15H2,1-2H3,(H2,18,19,20);1H. The Hall–Kier alpha value is -0.0800. The fourth-order valence-corrected chi connectivity index (χ4v) is 2.73. The second-order valence-electron chi connectivity index (χ2n) is 6.17. The highest BCUT2D eigenvalue weighted by atomic mass is 127. The number of aliphatic hydroxyl groups excluding tert-OH is 1. The maximum absolute atomic E-state index is 9.50. The Morgan fingerprint density at radius 3 is 2.48 bits per heavy atom. The summed E-state index contributed by atoms with van der Waals surface area (Å²) >= 11 is 0. The first-order valence-corrected chi connectivity index (χ1v) is 9.18. The Bertz CT molecular complexity index is 294. The average molecular weight is 440 g/mol. The molecule has 1 saturated heterocycles. The van der Waals surface area contributed by atoms with E-state index < -0.39 is 0 Å². The third-order valence-electron chi connectivity index (χ3n) is 4.13. The van der Waals surface area contributed by atoms with Crippen LogP contribution in [0.4, 0.5) is 0 Å². The molecule has 1 heterocycles. The summed E-state index contributed by atoms with van der Waals surface area (Å²) in [6.07, 6.45) is 7.96. The zero-order valence-corrected chi connectivity index (χ0v) is 17.3. The van der Waals surface area contributed by atoms with Gasteiger partial charge in [0.05, 0.1) is 6.10 Å². The van der Waals surface area contributed by atoms with Crippen LogP contribution in [0.2, 0.25) is 0 Å². The van der Waals surface area contributed by atoms with Gasteiger partial charge in [-0.25, -0.2) is 0 Å². The van der Waals surface area contributed by atoms with Gasteiger partial charge in [-0.05, 0) is 39.2 Å². The molecule has 0 atom stereocenters. The van der Waals surface area contributed by atoms with Gasteiger partial charge in [-0.15, -0.1) is 24.0 Å². The first-order valence-electron chi connectivity index (χ1n) is 9.18. The van der Waals surface area contributed by atoms with E-state index in [1.54, 1.807) is 0 Å². The van der Waals surface area contributed by atoms with Crippen LogP contribution in [0.5, 0.6) is 0 Å². The van der Waals surface area contributed by atoms with Gasteiger partial charge in [0, 0.05) is 32.7 Å². The van der Waals surface area contributed by atoms with Gasteiger partial charge in [-0.2, -0.15) is 0 Å². The number of rotatable bonds is 10. The predicted octanol–water partition coefficient (Wildman–Crippen LogP) is 2.59. The molecule has 0 aromatic heterocycles. The molecule has 0 radical (unpaired) electrons. The third-order valence-corrected chi connectivity index (χ3v) is 4.13. The topological polar surface area (TPSA) is 59.9 Å². The number of nitrogens with one attached hydrogen (secondary N) is 2. The summed E-state index contributed by atoms with van der Waals surface area (Å²) in [5, 5.41) is 16.2. The summed E-state index contributed by atoms with van der Waals surface area (Å²) in [7, 11) is 0. The van der Waals surface area contributed by atoms with Crippen molar-refractivity contribution in [2.45, 2.75) is 64.9 Å². The van der Waals surface area contributed by atoms with Gasteiger partial charge >= 0.3 is 0 Å². The van der Waals surface area contributed by atoms with Crippen LogP contribution in [0.1, 0.15) is 58.8 Å². The molecule has 6 heteroatoms. The van der Waals surface area contributed by atoms with Gasteiger partial charge in [-0.3, -0.25) is 4.99 Å². The summed E-state index contributed by atoms with van der Waals surface area (Å²) in [4.78, 5) is 7.09. The lowest BCUT2D eigenvalue weighted by atomic mass is 10.1. The van der Waals surface area contributed by atoms with Crippen LogP contribution in [-0.4, -0.2) is 61.3 Å². The Balaban J connectivity index is 0.00000484. The molecule has 0 aliphatic carbocycles. The number of aliphatic hydroxyl groups is 1. The van der Waals surface area contributed by atoms with Crippen LogP contribution in [0.25, 0.3) is 0 Å². The quantitative estimate of drug-likeness (QED) is 0.212. The van der Waals surface area contributed by atoms with Crippen molar-refractivity contribution in [3.63, 3.8) is 0 Å². The summed E-state index contributed by atoms with van der Waals surface area (Å²) in [5.74, 6) is 0.952. The van der Waals surface area contributed by atoms with Crippen molar-refractivity contribution < 1.29 is 5.11 Å². The molecule has 138 valence electrons. The van der Waals surface area contributed by atoms with Gasteiger partial charge < -0.3 is 20.6 Å². The Morgan fingerprint density at radius 2 is 1.83 bits per heavy atom. The fourth-order valence-electron chi connectivity index (χ4n) is 2.73. The van der Waals surface area contributed by atoms with Gasteiger partial charge in [0.25, 0.3) is 0 Å². The molecule has 0 bridgehead atoms. The van der Waals surface area contributed by atoms with Crippen LogP contribution in [0, 0.1) is 0 Å². The van der Waals surface area contributed by atoms with Crippen molar-refractivity contribution in [2.75, 3.05) is 39.3 Å². The average Bonchev–Trinajstić information content (AvgIpc) is 2.53. The van der Waals surface area contributed by atoms with Crippen LogP contribution < -0.4 is 10.6 Å². The molecule has 0 amide bonds. The second-order valence-corrected chi connectivity index (χ2v) is 6.17. The molecule has 0 aromatic carbocycles. The first kappa shape index (κ1) is 22.9. The number of hydrogen-bond acceptors (Lipinski definition) is 3. The molecule has 5 nitrogen and oxygen atoms in total. The Morgan fingerprint density at radius 1 is 1.09 bits per heavy atom. The molecule has 1 fully saturated rings. The highest BCUT2D eigenvalue weighted by Crippen LogP contribution is 2.09. The van der Waals surface area contributed by atoms with Crippen molar-refractivity contribution in [1.29, 1.82) is 0 Å². The molecule has 3 N–H and O–H groups in total. The van der Waals surface area contributed by atoms with Crippen LogP contribution >= 0.6 is 24.0 Å². The van der Waals surface area contributed by atoms with E-state index in [9.17, 15) is 5.11 Å². The number of unbranched alkanes of at least 4 members (excludes halogenated alkanes) is 3. The van der Waals surface area contributed by atoms with E-state index in [0.29, 0.717) is 0 Å². The molecule has 23 heavy (non-hydrogen) atoms. The minimum absolute atomic E-state index is 0. The summed E-state index contributed by atoms with van der Waals surface area (Å²) in [6, 6.07) is 0. The van der Waals surface area contributed by atoms with E-state index in [-0.39, 0.29) is 30.1 Å². The fraction of sp³-hybridized carbons (Fsp3) is 0.941. The molecule has 0 saturated carbocycles. The van der Waals surface area contributed by atoms with Gasteiger partial charge in [-0.1, -0.05) is 26.2 Å². The zero-order valence-electron chi connectivity index (χ0n) is 15.0. The van der Waals surface area contributed by atoms with Gasteiger partial charge in [0.2, 0.25) is 0 Å². The highest BCUT2D eigenvalue weighted by molar-refractivity contribution is 14.0. The van der Waals surface area contributed by atoms with Crippen molar-refractivity contribution >= 4 is 29.9 Å². The summed E-state index contributed by atoms with van der Waals surface area (Å²) in [6.45, 7) is 10.3. The Kier molecular flexibility index (Phi) is 15.4. The number of halogens is 1. The van der Waals surface area contributed by atoms with Crippen LogP contribution in [-0.2, 0) is 0 Å². The Labute approximate surface area is 159 Å².